The van der Waals surface area contributed by atoms with Gasteiger partial charge in [-0.1, -0.05) is 11.6 Å². The Bertz CT molecular complexity index is 1180. The molecule has 8 heteroatoms. The minimum absolute atomic E-state index is 0.160. The molecule has 0 fully saturated rings. The number of halogens is 1. The second kappa shape index (κ2) is 6.85. The van der Waals surface area contributed by atoms with E-state index < -0.39 is 0 Å². The lowest BCUT2D eigenvalue weighted by Crippen LogP contribution is -2.20. The summed E-state index contributed by atoms with van der Waals surface area (Å²) in [7, 11) is 1.85. The van der Waals surface area contributed by atoms with Crippen molar-refractivity contribution in [1.82, 2.24) is 24.7 Å². The third-order valence-corrected chi connectivity index (χ3v) is 4.62. The lowest BCUT2D eigenvalue weighted by molar-refractivity contribution is 0.772. The van der Waals surface area contributed by atoms with Crippen molar-refractivity contribution in [1.29, 1.82) is 0 Å². The molecular formula is C19H17ClN6O. The van der Waals surface area contributed by atoms with E-state index in [9.17, 15) is 4.79 Å². The number of nitrogens with zero attached hydrogens (tertiary/aromatic N) is 4. The molecule has 2 N–H and O–H groups in total. The number of aryl methyl sites for hydroxylation is 1. The Morgan fingerprint density at radius 3 is 2.81 bits per heavy atom. The van der Waals surface area contributed by atoms with Crippen LogP contribution in [0.15, 0.2) is 53.6 Å². The van der Waals surface area contributed by atoms with E-state index in [1.807, 2.05) is 38.2 Å². The molecule has 7 nitrogen and oxygen atoms in total. The van der Waals surface area contributed by atoms with Gasteiger partial charge in [-0.3, -0.25) is 9.48 Å². The van der Waals surface area contributed by atoms with Crippen LogP contribution in [0.25, 0.3) is 22.3 Å². The van der Waals surface area contributed by atoms with Crippen LogP contribution in [0, 0.1) is 0 Å². The van der Waals surface area contributed by atoms with E-state index in [0.717, 1.165) is 22.3 Å². The number of fused-ring (bicyclic) bond motifs is 1. The number of hydrogen-bond acceptors (Lipinski definition) is 5. The van der Waals surface area contributed by atoms with Crippen molar-refractivity contribution in [2.75, 3.05) is 5.32 Å². The highest BCUT2D eigenvalue weighted by Crippen LogP contribution is 2.22. The molecule has 0 bridgehead atoms. The van der Waals surface area contributed by atoms with Crippen LogP contribution >= 0.6 is 11.6 Å². The van der Waals surface area contributed by atoms with Crippen LogP contribution in [0.4, 0.5) is 5.95 Å². The first-order valence-corrected chi connectivity index (χ1v) is 8.79. The minimum Gasteiger partial charge on any atom is -0.347 e. The highest BCUT2D eigenvalue weighted by atomic mass is 35.5. The van der Waals surface area contributed by atoms with Gasteiger partial charge < -0.3 is 10.3 Å². The van der Waals surface area contributed by atoms with Crippen molar-refractivity contribution >= 4 is 28.5 Å². The molecule has 0 radical (unpaired) electrons. The van der Waals surface area contributed by atoms with Crippen LogP contribution in [0.3, 0.4) is 0 Å². The number of hydrogen-bond donors (Lipinski definition) is 2. The number of H-pyrrole nitrogens is 1. The Kier molecular flexibility index (Phi) is 4.37. The maximum absolute atomic E-state index is 12.5. The first-order chi connectivity index (χ1) is 13.0. The number of rotatable bonds is 4. The van der Waals surface area contributed by atoms with Gasteiger partial charge in [0.2, 0.25) is 5.95 Å². The summed E-state index contributed by atoms with van der Waals surface area (Å²) >= 11 is 6.06. The number of anilines is 1. The summed E-state index contributed by atoms with van der Waals surface area (Å²) in [5.74, 6) is 0.437. The number of pyridine rings is 1. The predicted molar refractivity (Wildman–Crippen MR) is 106 cm³/mol. The zero-order valence-corrected chi connectivity index (χ0v) is 15.5. The summed E-state index contributed by atoms with van der Waals surface area (Å²) in [6.45, 7) is 1.89. The predicted octanol–water partition coefficient (Wildman–Crippen LogP) is 3.55. The fourth-order valence-corrected chi connectivity index (χ4v) is 3.16. The summed E-state index contributed by atoms with van der Waals surface area (Å²) in [5.41, 5.74) is 2.80. The lowest BCUT2D eigenvalue weighted by atomic mass is 10.1. The van der Waals surface area contributed by atoms with E-state index in [0.29, 0.717) is 16.5 Å². The Labute approximate surface area is 160 Å². The van der Waals surface area contributed by atoms with Gasteiger partial charge in [-0.05, 0) is 43.3 Å². The maximum atomic E-state index is 12.5. The topological polar surface area (TPSA) is 88.5 Å². The second-order valence-electron chi connectivity index (χ2n) is 6.26. The van der Waals surface area contributed by atoms with Crippen LogP contribution < -0.4 is 10.9 Å². The van der Waals surface area contributed by atoms with Crippen molar-refractivity contribution in [2.24, 2.45) is 7.05 Å². The Morgan fingerprint density at radius 2 is 2.04 bits per heavy atom. The SMILES string of the molecule is CC(Nc1nccc(-c2ccnn2C)n1)c1cc2cc(Cl)ccc2[nH]c1=O. The summed E-state index contributed by atoms with van der Waals surface area (Å²) in [5, 5.41) is 8.84. The molecule has 0 aliphatic heterocycles. The van der Waals surface area contributed by atoms with Crippen molar-refractivity contribution < 1.29 is 0 Å². The third-order valence-electron chi connectivity index (χ3n) is 4.39. The largest absolute Gasteiger partial charge is 0.347 e. The zero-order chi connectivity index (χ0) is 19.0. The van der Waals surface area contributed by atoms with Crippen LogP contribution in [-0.4, -0.2) is 24.7 Å². The van der Waals surface area contributed by atoms with E-state index >= 15 is 0 Å². The van der Waals surface area contributed by atoms with Gasteiger partial charge in [0.25, 0.3) is 5.56 Å². The molecule has 0 saturated heterocycles. The van der Waals surface area contributed by atoms with E-state index in [1.165, 1.54) is 0 Å². The smallest absolute Gasteiger partial charge is 0.253 e. The molecule has 0 aliphatic rings. The molecule has 136 valence electrons. The van der Waals surface area contributed by atoms with Crippen LogP contribution in [0.5, 0.6) is 0 Å². The Hall–Kier alpha value is -3.19. The molecule has 0 amide bonds. The molecule has 4 rings (SSSR count). The van der Waals surface area contributed by atoms with Gasteiger partial charge in [-0.15, -0.1) is 0 Å². The molecule has 1 unspecified atom stereocenters. The molecule has 3 aromatic heterocycles. The summed E-state index contributed by atoms with van der Waals surface area (Å²) in [6, 6.07) is 10.6. The molecular weight excluding hydrogens is 364 g/mol. The molecule has 0 spiro atoms. The Morgan fingerprint density at radius 1 is 1.19 bits per heavy atom. The quantitative estimate of drug-likeness (QED) is 0.565. The molecule has 3 heterocycles. The number of benzene rings is 1. The van der Waals surface area contributed by atoms with Crippen molar-refractivity contribution in [3.8, 4) is 11.4 Å². The van der Waals surface area contributed by atoms with E-state index in [-0.39, 0.29) is 11.6 Å². The normalized spacial score (nSPS) is 12.3. The zero-order valence-electron chi connectivity index (χ0n) is 14.8. The van der Waals surface area contributed by atoms with Gasteiger partial charge in [0.05, 0.1) is 17.4 Å². The maximum Gasteiger partial charge on any atom is 0.253 e. The molecule has 27 heavy (non-hydrogen) atoms. The van der Waals surface area contributed by atoms with Gasteiger partial charge in [-0.2, -0.15) is 5.10 Å². The third kappa shape index (κ3) is 3.41. The van der Waals surface area contributed by atoms with Crippen molar-refractivity contribution in [3.63, 3.8) is 0 Å². The monoisotopic (exact) mass is 380 g/mol. The lowest BCUT2D eigenvalue weighted by Gasteiger charge is -2.14. The average molecular weight is 381 g/mol. The van der Waals surface area contributed by atoms with E-state index in [4.69, 9.17) is 11.6 Å². The fourth-order valence-electron chi connectivity index (χ4n) is 2.98. The molecule has 1 aromatic carbocycles. The average Bonchev–Trinajstić information content (AvgIpc) is 3.07. The molecule has 4 aromatic rings. The van der Waals surface area contributed by atoms with Crippen LogP contribution in [0.2, 0.25) is 5.02 Å². The highest BCUT2D eigenvalue weighted by Gasteiger charge is 2.14. The summed E-state index contributed by atoms with van der Waals surface area (Å²) in [6.07, 6.45) is 3.39. The van der Waals surface area contributed by atoms with Gasteiger partial charge >= 0.3 is 0 Å². The number of aromatic nitrogens is 5. The first kappa shape index (κ1) is 17.2. The van der Waals surface area contributed by atoms with E-state index in [2.05, 4.69) is 25.4 Å². The standard InChI is InChI=1S/C19H17ClN6O/c1-11(14-10-12-9-13(20)3-4-15(12)24-18(14)27)23-19-21-7-5-16(25-19)17-6-8-22-26(17)2/h3-11H,1-2H3,(H,24,27)(H,21,23,25). The minimum atomic E-state index is -0.293. The summed E-state index contributed by atoms with van der Waals surface area (Å²) in [4.78, 5) is 24.2. The number of nitrogens with one attached hydrogen (secondary N) is 2. The summed E-state index contributed by atoms with van der Waals surface area (Å²) < 4.78 is 1.74. The first-order valence-electron chi connectivity index (χ1n) is 8.42. The van der Waals surface area contributed by atoms with Gasteiger partial charge in [0, 0.05) is 40.9 Å². The van der Waals surface area contributed by atoms with Crippen molar-refractivity contribution in [2.45, 2.75) is 13.0 Å². The van der Waals surface area contributed by atoms with Crippen LogP contribution in [0.1, 0.15) is 18.5 Å². The highest BCUT2D eigenvalue weighted by molar-refractivity contribution is 6.31. The van der Waals surface area contributed by atoms with Gasteiger partial charge in [-0.25, -0.2) is 9.97 Å². The molecule has 0 saturated carbocycles. The molecule has 1 atom stereocenters. The van der Waals surface area contributed by atoms with Gasteiger partial charge in [0.1, 0.15) is 0 Å². The fraction of sp³-hybridized carbons (Fsp3) is 0.158. The van der Waals surface area contributed by atoms with Crippen LogP contribution in [-0.2, 0) is 7.05 Å². The van der Waals surface area contributed by atoms with Crippen molar-refractivity contribution in [3.05, 3.63) is 69.7 Å². The van der Waals surface area contributed by atoms with Gasteiger partial charge in [0.15, 0.2) is 0 Å². The number of aromatic amines is 1. The van der Waals surface area contributed by atoms with E-state index in [1.54, 1.807) is 29.2 Å². The second-order valence-corrected chi connectivity index (χ2v) is 6.69. The Balaban J connectivity index is 1.65. The molecule has 0 aliphatic carbocycles.